The van der Waals surface area contributed by atoms with Crippen molar-refractivity contribution in [3.8, 4) is 12.3 Å². The normalized spacial score (nSPS) is 11.9. The molecule has 1 atom stereocenters. The lowest BCUT2D eigenvalue weighted by Crippen LogP contribution is -2.22. The van der Waals surface area contributed by atoms with Gasteiger partial charge in [0.2, 0.25) is 0 Å². The van der Waals surface area contributed by atoms with E-state index in [2.05, 4.69) is 11.2 Å². The van der Waals surface area contributed by atoms with Crippen LogP contribution in [0.2, 0.25) is 0 Å². The predicted molar refractivity (Wildman–Crippen MR) is 66.0 cm³/mol. The number of benzene rings is 1. The summed E-state index contributed by atoms with van der Waals surface area (Å²) < 4.78 is 13.2. The zero-order valence-electron chi connectivity index (χ0n) is 9.92. The van der Waals surface area contributed by atoms with Gasteiger partial charge in [0.05, 0.1) is 6.54 Å². The van der Waals surface area contributed by atoms with E-state index in [1.54, 1.807) is 12.1 Å². The number of nitrogens with one attached hydrogen (secondary N) is 1. The van der Waals surface area contributed by atoms with Crippen LogP contribution in [0.4, 0.5) is 10.1 Å². The van der Waals surface area contributed by atoms with Crippen molar-refractivity contribution in [2.75, 3.05) is 25.5 Å². The van der Waals surface area contributed by atoms with Crippen molar-refractivity contribution in [2.24, 2.45) is 0 Å². The summed E-state index contributed by atoms with van der Waals surface area (Å²) in [6.45, 7) is 2.50. The van der Waals surface area contributed by atoms with Crippen molar-refractivity contribution >= 4 is 5.69 Å². The van der Waals surface area contributed by atoms with Crippen LogP contribution >= 0.6 is 0 Å². The number of hydrogen-bond donors (Lipinski definition) is 1. The largest absolute Gasteiger partial charge is 0.363 e. The van der Waals surface area contributed by atoms with E-state index >= 15 is 0 Å². The van der Waals surface area contributed by atoms with E-state index in [-0.39, 0.29) is 11.9 Å². The molecule has 0 saturated carbocycles. The zero-order valence-corrected chi connectivity index (χ0v) is 9.92. The molecule has 0 spiro atoms. The molecule has 3 heteroatoms. The number of halogens is 1. The second-order valence-electron chi connectivity index (χ2n) is 3.77. The first kappa shape index (κ1) is 12.5. The minimum atomic E-state index is -0.227. The first-order chi connectivity index (χ1) is 7.60. The summed E-state index contributed by atoms with van der Waals surface area (Å²) in [7, 11) is 3.75. The monoisotopic (exact) mass is 220 g/mol. The Labute approximate surface area is 96.5 Å². The Morgan fingerprint density at radius 2 is 2.25 bits per heavy atom. The molecular formula is C13H17FN2. The predicted octanol–water partition coefficient (Wildman–Crippen LogP) is 2.18. The fourth-order valence-corrected chi connectivity index (χ4v) is 1.60. The molecule has 1 N–H and O–H groups in total. The first-order valence-corrected chi connectivity index (χ1v) is 5.21. The van der Waals surface area contributed by atoms with Gasteiger partial charge in [0.25, 0.3) is 0 Å². The summed E-state index contributed by atoms with van der Waals surface area (Å²) in [5, 5.41) is 3.10. The minimum absolute atomic E-state index is 0.0888. The third kappa shape index (κ3) is 2.74. The van der Waals surface area contributed by atoms with Gasteiger partial charge in [-0.15, -0.1) is 6.42 Å². The van der Waals surface area contributed by atoms with Gasteiger partial charge in [-0.25, -0.2) is 4.39 Å². The zero-order chi connectivity index (χ0) is 12.1. The van der Waals surface area contributed by atoms with Crippen LogP contribution < -0.4 is 10.2 Å². The van der Waals surface area contributed by atoms with Crippen LogP contribution in [0.15, 0.2) is 18.2 Å². The van der Waals surface area contributed by atoms with E-state index in [1.165, 1.54) is 6.07 Å². The van der Waals surface area contributed by atoms with Gasteiger partial charge in [0.1, 0.15) is 5.82 Å². The van der Waals surface area contributed by atoms with E-state index in [9.17, 15) is 4.39 Å². The molecule has 0 amide bonds. The lowest BCUT2D eigenvalue weighted by Gasteiger charge is -2.23. The maximum Gasteiger partial charge on any atom is 0.123 e. The summed E-state index contributed by atoms with van der Waals surface area (Å²) in [5.41, 5.74) is 1.88. The second kappa shape index (κ2) is 5.53. The van der Waals surface area contributed by atoms with E-state index < -0.39 is 0 Å². The Morgan fingerprint density at radius 1 is 1.56 bits per heavy atom. The van der Waals surface area contributed by atoms with Gasteiger partial charge in [0.15, 0.2) is 0 Å². The van der Waals surface area contributed by atoms with Crippen molar-refractivity contribution in [3.63, 3.8) is 0 Å². The van der Waals surface area contributed by atoms with Gasteiger partial charge >= 0.3 is 0 Å². The Morgan fingerprint density at radius 3 is 2.81 bits per heavy atom. The molecule has 0 radical (unpaired) electrons. The van der Waals surface area contributed by atoms with Gasteiger partial charge in [0, 0.05) is 18.8 Å². The van der Waals surface area contributed by atoms with Gasteiger partial charge in [-0.3, -0.25) is 0 Å². The van der Waals surface area contributed by atoms with E-state index in [0.717, 1.165) is 11.3 Å². The van der Waals surface area contributed by atoms with Gasteiger partial charge in [-0.05, 0) is 37.7 Å². The molecular weight excluding hydrogens is 203 g/mol. The number of rotatable bonds is 4. The molecule has 1 aromatic rings. The maximum absolute atomic E-state index is 13.2. The van der Waals surface area contributed by atoms with Crippen molar-refractivity contribution < 1.29 is 4.39 Å². The topological polar surface area (TPSA) is 15.3 Å². The minimum Gasteiger partial charge on any atom is -0.363 e. The molecule has 0 fully saturated rings. The Hall–Kier alpha value is -1.53. The highest BCUT2D eigenvalue weighted by atomic mass is 19.1. The second-order valence-corrected chi connectivity index (χ2v) is 3.77. The highest BCUT2D eigenvalue weighted by molar-refractivity contribution is 5.55. The molecule has 86 valence electrons. The van der Waals surface area contributed by atoms with Crippen molar-refractivity contribution in [1.29, 1.82) is 0 Å². The van der Waals surface area contributed by atoms with E-state index in [4.69, 9.17) is 6.42 Å². The Balaban J connectivity index is 3.12. The lowest BCUT2D eigenvalue weighted by atomic mass is 10.1. The third-order valence-corrected chi connectivity index (χ3v) is 2.63. The van der Waals surface area contributed by atoms with Crippen molar-refractivity contribution in [2.45, 2.75) is 13.0 Å². The van der Waals surface area contributed by atoms with Crippen LogP contribution in [0.3, 0.4) is 0 Å². The molecule has 0 aliphatic carbocycles. The SMILES string of the molecule is C#CCN(C)c1ccc(F)cc1C(C)NC. The summed E-state index contributed by atoms with van der Waals surface area (Å²) in [5.74, 6) is 2.35. The summed E-state index contributed by atoms with van der Waals surface area (Å²) in [6.07, 6.45) is 5.27. The maximum atomic E-state index is 13.2. The lowest BCUT2D eigenvalue weighted by molar-refractivity contribution is 0.608. The standard InChI is InChI=1S/C13H17FN2/c1-5-8-16(4)13-7-6-11(14)9-12(13)10(2)15-3/h1,6-7,9-10,15H,8H2,2-4H3. The van der Waals surface area contributed by atoms with Crippen molar-refractivity contribution in [3.05, 3.63) is 29.6 Å². The molecule has 1 unspecified atom stereocenters. The highest BCUT2D eigenvalue weighted by Gasteiger charge is 2.12. The number of hydrogen-bond acceptors (Lipinski definition) is 2. The van der Waals surface area contributed by atoms with Crippen LogP contribution in [-0.2, 0) is 0 Å². The molecule has 0 saturated heterocycles. The first-order valence-electron chi connectivity index (χ1n) is 5.21. The number of terminal acetylenes is 1. The van der Waals surface area contributed by atoms with Crippen LogP contribution in [-0.4, -0.2) is 20.6 Å². The molecule has 0 aliphatic rings. The number of anilines is 1. The molecule has 0 aromatic heterocycles. The molecule has 16 heavy (non-hydrogen) atoms. The highest BCUT2D eigenvalue weighted by Crippen LogP contribution is 2.26. The summed E-state index contributed by atoms with van der Waals surface area (Å²) in [4.78, 5) is 1.93. The molecule has 2 nitrogen and oxygen atoms in total. The van der Waals surface area contributed by atoms with Crippen LogP contribution in [0.25, 0.3) is 0 Å². The molecule has 0 aliphatic heterocycles. The quantitative estimate of drug-likeness (QED) is 0.782. The molecule has 0 bridgehead atoms. The fourth-order valence-electron chi connectivity index (χ4n) is 1.60. The summed E-state index contributed by atoms with van der Waals surface area (Å²) in [6, 6.07) is 4.85. The fraction of sp³-hybridized carbons (Fsp3) is 0.385. The van der Waals surface area contributed by atoms with Gasteiger partial charge in [-0.1, -0.05) is 5.92 Å². The summed E-state index contributed by atoms with van der Waals surface area (Å²) >= 11 is 0. The average Bonchev–Trinajstić information content (AvgIpc) is 2.28. The van der Waals surface area contributed by atoms with E-state index in [0.29, 0.717) is 6.54 Å². The Kier molecular flexibility index (Phi) is 4.33. The van der Waals surface area contributed by atoms with Crippen LogP contribution in [0.5, 0.6) is 0 Å². The molecule has 0 heterocycles. The molecule has 1 aromatic carbocycles. The van der Waals surface area contributed by atoms with Crippen LogP contribution in [0, 0.1) is 18.2 Å². The van der Waals surface area contributed by atoms with Crippen LogP contribution in [0.1, 0.15) is 18.5 Å². The third-order valence-electron chi connectivity index (χ3n) is 2.63. The van der Waals surface area contributed by atoms with Crippen molar-refractivity contribution in [1.82, 2.24) is 5.32 Å². The van der Waals surface area contributed by atoms with Gasteiger partial charge < -0.3 is 10.2 Å². The number of nitrogens with zero attached hydrogens (tertiary/aromatic N) is 1. The smallest absolute Gasteiger partial charge is 0.123 e. The molecule has 1 rings (SSSR count). The van der Waals surface area contributed by atoms with E-state index in [1.807, 2.05) is 25.9 Å². The average molecular weight is 220 g/mol. The Bertz CT molecular complexity index is 395. The van der Waals surface area contributed by atoms with Gasteiger partial charge in [-0.2, -0.15) is 0 Å².